The molecule has 43 heavy (non-hydrogen) atoms. The minimum Gasteiger partial charge on any atom is -0.394 e. The van der Waals surface area contributed by atoms with Crippen molar-refractivity contribution in [1.82, 2.24) is 5.32 Å². The molecule has 0 amide bonds. The summed E-state index contributed by atoms with van der Waals surface area (Å²) in [7, 11) is 0. The number of Topliss-reactive ketones (excluding diaryl/α,β-unsaturated/α-hetero) is 1. The summed E-state index contributed by atoms with van der Waals surface area (Å²) in [6.07, 6.45) is 7.02. The molecular formula is C37H47NO4Ti. The third-order valence-corrected chi connectivity index (χ3v) is 6.24. The second kappa shape index (κ2) is 17.9. The van der Waals surface area contributed by atoms with Gasteiger partial charge in [0.05, 0.1) is 6.04 Å². The van der Waals surface area contributed by atoms with Crippen LogP contribution in [0.5, 0.6) is 0 Å². The summed E-state index contributed by atoms with van der Waals surface area (Å²) in [6.45, 7) is 13.0. The van der Waals surface area contributed by atoms with Crippen molar-refractivity contribution in [2.75, 3.05) is 0 Å². The van der Waals surface area contributed by atoms with E-state index < -0.39 is 11.6 Å². The number of allylic oxidation sites excluding steroid dienone is 5. The Labute approximate surface area is 273 Å². The van der Waals surface area contributed by atoms with Gasteiger partial charge in [-0.15, -0.1) is 0 Å². The Kier molecular flexibility index (Phi) is 15.8. The van der Waals surface area contributed by atoms with Crippen LogP contribution in [0.2, 0.25) is 0 Å². The second-order valence-corrected chi connectivity index (χ2v) is 11.8. The number of benzene rings is 3. The first-order chi connectivity index (χ1) is 19.8. The van der Waals surface area contributed by atoms with Crippen LogP contribution in [0.25, 0.3) is 0 Å². The predicted molar refractivity (Wildman–Crippen MR) is 173 cm³/mol. The molecule has 0 saturated carbocycles. The van der Waals surface area contributed by atoms with Crippen LogP contribution in [0.3, 0.4) is 0 Å². The van der Waals surface area contributed by atoms with Gasteiger partial charge in [-0.3, -0.25) is 4.79 Å². The molecule has 1 aliphatic carbocycles. The van der Waals surface area contributed by atoms with Crippen molar-refractivity contribution >= 4 is 5.78 Å². The summed E-state index contributed by atoms with van der Waals surface area (Å²) in [5.41, 5.74) is 2.13. The van der Waals surface area contributed by atoms with E-state index in [2.05, 4.69) is 5.32 Å². The zero-order valence-corrected chi connectivity index (χ0v) is 28.0. The minimum absolute atomic E-state index is 0. The molecule has 3 aromatic rings. The van der Waals surface area contributed by atoms with Gasteiger partial charge >= 0.3 is 0 Å². The first-order valence-electron chi connectivity index (χ1n) is 14.4. The quantitative estimate of drug-likeness (QED) is 0.176. The fourth-order valence-corrected chi connectivity index (χ4v) is 4.42. The Bertz CT molecular complexity index is 1270. The minimum atomic E-state index is -1.38. The van der Waals surface area contributed by atoms with E-state index in [1.54, 1.807) is 33.9 Å². The van der Waals surface area contributed by atoms with Crippen LogP contribution >= 0.6 is 0 Å². The Hall–Kier alpha value is -3.06. The van der Waals surface area contributed by atoms with Crippen molar-refractivity contribution in [3.8, 4) is 0 Å². The van der Waals surface area contributed by atoms with Gasteiger partial charge in [-0.25, -0.2) is 0 Å². The van der Waals surface area contributed by atoms with E-state index in [-0.39, 0.29) is 45.1 Å². The van der Waals surface area contributed by atoms with Crippen LogP contribution < -0.4 is 5.32 Å². The van der Waals surface area contributed by atoms with Crippen molar-refractivity contribution in [1.29, 1.82) is 0 Å². The van der Waals surface area contributed by atoms with Gasteiger partial charge in [0, 0.05) is 51.3 Å². The van der Waals surface area contributed by atoms with Crippen LogP contribution in [-0.4, -0.2) is 33.3 Å². The predicted octanol–water partition coefficient (Wildman–Crippen LogP) is 7.02. The van der Waals surface area contributed by atoms with E-state index in [9.17, 15) is 9.90 Å². The third-order valence-electron chi connectivity index (χ3n) is 6.24. The van der Waals surface area contributed by atoms with E-state index in [1.165, 1.54) is 0 Å². The molecule has 5 nitrogen and oxygen atoms in total. The summed E-state index contributed by atoms with van der Waals surface area (Å²) in [6, 6.07) is 28.6. The monoisotopic (exact) mass is 617 g/mol. The molecular weight excluding hydrogens is 570 g/mol. The third kappa shape index (κ3) is 11.5. The van der Waals surface area contributed by atoms with Gasteiger partial charge in [-0.05, 0) is 55.9 Å². The zero-order valence-electron chi connectivity index (χ0n) is 26.5. The van der Waals surface area contributed by atoms with Gasteiger partial charge in [0.25, 0.3) is 0 Å². The molecule has 4 N–H and O–H groups in total. The van der Waals surface area contributed by atoms with E-state index >= 15 is 0 Å². The normalized spacial score (nSPS) is 14.6. The van der Waals surface area contributed by atoms with Crippen molar-refractivity contribution in [3.63, 3.8) is 0 Å². The van der Waals surface area contributed by atoms with Gasteiger partial charge in [0.15, 0.2) is 5.78 Å². The summed E-state index contributed by atoms with van der Waals surface area (Å²) in [5, 5.41) is 32.0. The number of hydrogen-bond donors (Lipinski definition) is 4. The van der Waals surface area contributed by atoms with Gasteiger partial charge in [-0.1, -0.05) is 124 Å². The molecule has 0 saturated heterocycles. The SMILES string of the molecule is CC(C)(C)C1=CC=C/C(=C/N[C@H](c2ccccc2)C(O)(c2ccccc2)c2ccccc2)C1=O.CC(C)O.CC(C)O.[Ti]. The molecule has 0 unspecified atom stereocenters. The van der Waals surface area contributed by atoms with Crippen molar-refractivity contribution in [3.05, 3.63) is 143 Å². The molecule has 0 spiro atoms. The maximum Gasteiger partial charge on any atom is 0.190 e. The molecule has 4 rings (SSSR count). The van der Waals surface area contributed by atoms with Gasteiger partial charge in [-0.2, -0.15) is 0 Å². The Morgan fingerprint density at radius 3 is 1.51 bits per heavy atom. The fraction of sp³-hybridized carbons (Fsp3) is 0.324. The summed E-state index contributed by atoms with van der Waals surface area (Å²) >= 11 is 0. The summed E-state index contributed by atoms with van der Waals surface area (Å²) in [4.78, 5) is 13.2. The largest absolute Gasteiger partial charge is 0.394 e. The first-order valence-corrected chi connectivity index (χ1v) is 14.4. The maximum atomic E-state index is 13.2. The maximum absolute atomic E-state index is 13.2. The molecule has 0 heterocycles. The molecule has 0 radical (unpaired) electrons. The van der Waals surface area contributed by atoms with Crippen LogP contribution in [0.4, 0.5) is 0 Å². The molecule has 0 aromatic heterocycles. The number of nitrogens with one attached hydrogen (secondary N) is 1. The second-order valence-electron chi connectivity index (χ2n) is 11.8. The molecule has 1 atom stereocenters. The number of carbonyl (C=O) groups is 1. The smallest absolute Gasteiger partial charge is 0.190 e. The van der Waals surface area contributed by atoms with Gasteiger partial charge in [0.1, 0.15) is 5.60 Å². The van der Waals surface area contributed by atoms with Crippen LogP contribution in [0, 0.1) is 5.41 Å². The van der Waals surface area contributed by atoms with Crippen LogP contribution in [-0.2, 0) is 32.1 Å². The van der Waals surface area contributed by atoms with E-state index in [0.29, 0.717) is 5.57 Å². The molecule has 3 aromatic carbocycles. The number of rotatable bonds is 6. The molecule has 1 aliphatic rings. The Balaban J connectivity index is 0.000000917. The number of hydrogen-bond acceptors (Lipinski definition) is 5. The standard InChI is InChI=1S/C31H31NO2.2C3H8O.Ti/c1-30(2,3)27-21-13-16-24(28(27)33)22-32-29(23-14-7-4-8-15-23)31(34,25-17-9-5-10-18-25)26-19-11-6-12-20-26;2*1-3(2)4;/h4-22,29,32,34H,1-3H3;2*3-4H,1-2H3;/b24-22-;;;/t29-;;;/m1.../s1. The number of aliphatic hydroxyl groups is 3. The van der Waals surface area contributed by atoms with Crippen molar-refractivity contribution < 1.29 is 41.8 Å². The van der Waals surface area contributed by atoms with Crippen LogP contribution in [0.15, 0.2) is 127 Å². The Morgan fingerprint density at radius 1 is 0.721 bits per heavy atom. The molecule has 0 aliphatic heterocycles. The van der Waals surface area contributed by atoms with Gasteiger partial charge < -0.3 is 20.6 Å². The van der Waals surface area contributed by atoms with Crippen LogP contribution in [0.1, 0.15) is 71.2 Å². The van der Waals surface area contributed by atoms with E-state index in [0.717, 1.165) is 22.3 Å². The topological polar surface area (TPSA) is 89.8 Å². The van der Waals surface area contributed by atoms with E-state index in [1.807, 2.05) is 130 Å². The van der Waals surface area contributed by atoms with E-state index in [4.69, 9.17) is 10.2 Å². The average Bonchev–Trinajstić information content (AvgIpc) is 2.94. The van der Waals surface area contributed by atoms with Crippen molar-refractivity contribution in [2.24, 2.45) is 5.41 Å². The summed E-state index contributed by atoms with van der Waals surface area (Å²) in [5.74, 6) is -0.00252. The molecule has 0 fully saturated rings. The number of aliphatic hydroxyl groups excluding tert-OH is 2. The van der Waals surface area contributed by atoms with Crippen molar-refractivity contribution in [2.45, 2.75) is 72.3 Å². The number of carbonyl (C=O) groups excluding carboxylic acids is 1. The zero-order chi connectivity index (χ0) is 31.3. The first kappa shape index (κ1) is 38.0. The molecule has 6 heteroatoms. The molecule has 228 valence electrons. The average molecular weight is 618 g/mol. The fourth-order valence-electron chi connectivity index (χ4n) is 4.42. The summed E-state index contributed by atoms with van der Waals surface area (Å²) < 4.78 is 0. The Morgan fingerprint density at radius 2 is 1.12 bits per heavy atom. The van der Waals surface area contributed by atoms with Gasteiger partial charge in [0.2, 0.25) is 0 Å². The number of ketones is 1. The molecule has 0 bridgehead atoms.